The molecular formula is C15H8F3NO2. The number of benzene rings is 2. The van der Waals surface area contributed by atoms with Crippen LogP contribution in [0.2, 0.25) is 0 Å². The number of ether oxygens (including phenoxy) is 1. The van der Waals surface area contributed by atoms with Crippen molar-refractivity contribution >= 4 is 5.97 Å². The number of halogens is 3. The highest BCUT2D eigenvalue weighted by atomic mass is 19.4. The Hall–Kier alpha value is -2.81. The lowest BCUT2D eigenvalue weighted by atomic mass is 10.1. The molecule has 0 aromatic heterocycles. The van der Waals surface area contributed by atoms with E-state index in [9.17, 15) is 18.0 Å². The van der Waals surface area contributed by atoms with Gasteiger partial charge in [0.1, 0.15) is 5.75 Å². The number of rotatable bonds is 2. The maximum Gasteiger partial charge on any atom is 0.417 e. The molecule has 0 aliphatic carbocycles. The molecule has 6 heteroatoms. The van der Waals surface area contributed by atoms with Crippen molar-refractivity contribution in [2.75, 3.05) is 0 Å². The van der Waals surface area contributed by atoms with Gasteiger partial charge in [-0.15, -0.1) is 0 Å². The number of nitrogens with zero attached hydrogens (tertiary/aromatic N) is 1. The maximum absolute atomic E-state index is 12.8. The van der Waals surface area contributed by atoms with E-state index < -0.39 is 23.3 Å². The molecule has 106 valence electrons. The predicted molar refractivity (Wildman–Crippen MR) is 67.6 cm³/mol. The zero-order chi connectivity index (χ0) is 15.5. The third-order valence-corrected chi connectivity index (χ3v) is 2.63. The number of carbonyl (C=O) groups excluding carboxylic acids is 1. The average molecular weight is 291 g/mol. The molecule has 0 spiro atoms. The van der Waals surface area contributed by atoms with E-state index in [4.69, 9.17) is 10.00 Å². The summed E-state index contributed by atoms with van der Waals surface area (Å²) in [5.41, 5.74) is -1.40. The lowest BCUT2D eigenvalue weighted by Crippen LogP contribution is -2.16. The molecule has 0 fully saturated rings. The fourth-order valence-corrected chi connectivity index (χ4v) is 1.70. The second kappa shape index (κ2) is 5.67. The van der Waals surface area contributed by atoms with Crippen molar-refractivity contribution in [3.8, 4) is 11.8 Å². The van der Waals surface area contributed by atoms with Crippen LogP contribution in [0.3, 0.4) is 0 Å². The quantitative estimate of drug-likeness (QED) is 0.624. The highest BCUT2D eigenvalue weighted by molar-refractivity contribution is 5.92. The van der Waals surface area contributed by atoms with Crippen molar-refractivity contribution in [1.82, 2.24) is 0 Å². The molecule has 21 heavy (non-hydrogen) atoms. The molecule has 0 saturated heterocycles. The summed E-state index contributed by atoms with van der Waals surface area (Å²) in [6, 6.07) is 11.8. The van der Waals surface area contributed by atoms with Crippen LogP contribution < -0.4 is 4.74 Å². The van der Waals surface area contributed by atoms with Gasteiger partial charge < -0.3 is 4.74 Å². The van der Waals surface area contributed by atoms with Gasteiger partial charge in [0.15, 0.2) is 0 Å². The Morgan fingerprint density at radius 2 is 1.81 bits per heavy atom. The van der Waals surface area contributed by atoms with E-state index in [0.29, 0.717) is 0 Å². The van der Waals surface area contributed by atoms with Gasteiger partial charge in [-0.05, 0) is 30.3 Å². The van der Waals surface area contributed by atoms with Gasteiger partial charge in [-0.25, -0.2) is 4.79 Å². The van der Waals surface area contributed by atoms with Gasteiger partial charge in [0.2, 0.25) is 0 Å². The molecule has 3 nitrogen and oxygen atoms in total. The summed E-state index contributed by atoms with van der Waals surface area (Å²) in [7, 11) is 0. The van der Waals surface area contributed by atoms with Gasteiger partial charge in [0.05, 0.1) is 22.8 Å². The summed E-state index contributed by atoms with van der Waals surface area (Å²) >= 11 is 0. The summed E-state index contributed by atoms with van der Waals surface area (Å²) in [6.45, 7) is 0. The number of esters is 1. The van der Waals surface area contributed by atoms with Crippen LogP contribution in [0.1, 0.15) is 21.5 Å². The van der Waals surface area contributed by atoms with E-state index >= 15 is 0 Å². The van der Waals surface area contributed by atoms with Crippen LogP contribution in [-0.2, 0) is 6.18 Å². The van der Waals surface area contributed by atoms with Crippen LogP contribution in [-0.4, -0.2) is 5.97 Å². The Morgan fingerprint density at radius 3 is 2.48 bits per heavy atom. The first-order valence-electron chi connectivity index (χ1n) is 5.80. The van der Waals surface area contributed by atoms with E-state index in [0.717, 1.165) is 12.1 Å². The van der Waals surface area contributed by atoms with Crippen LogP contribution in [0.15, 0.2) is 48.5 Å². The molecule has 0 aliphatic rings. The van der Waals surface area contributed by atoms with Crippen LogP contribution >= 0.6 is 0 Å². The average Bonchev–Trinajstić information content (AvgIpc) is 2.46. The molecule has 0 atom stereocenters. The number of alkyl halides is 3. The SMILES string of the molecule is N#Cc1cccc(OC(=O)c2ccccc2C(F)(F)F)c1. The van der Waals surface area contributed by atoms with Crippen molar-refractivity contribution in [1.29, 1.82) is 5.26 Å². The van der Waals surface area contributed by atoms with Crippen molar-refractivity contribution < 1.29 is 22.7 Å². The van der Waals surface area contributed by atoms with Crippen LogP contribution in [0, 0.1) is 11.3 Å². The molecular weight excluding hydrogens is 283 g/mol. The van der Waals surface area contributed by atoms with E-state index in [1.54, 1.807) is 0 Å². The van der Waals surface area contributed by atoms with E-state index in [1.165, 1.54) is 36.4 Å². The Balaban J connectivity index is 2.31. The lowest BCUT2D eigenvalue weighted by molar-refractivity contribution is -0.138. The summed E-state index contributed by atoms with van der Waals surface area (Å²) < 4.78 is 43.3. The van der Waals surface area contributed by atoms with Crippen LogP contribution in [0.25, 0.3) is 0 Å². The second-order valence-electron chi connectivity index (χ2n) is 4.07. The highest BCUT2D eigenvalue weighted by Crippen LogP contribution is 2.32. The van der Waals surface area contributed by atoms with Crippen molar-refractivity contribution in [2.24, 2.45) is 0 Å². The summed E-state index contributed by atoms with van der Waals surface area (Å²) in [5.74, 6) is -1.12. The van der Waals surface area contributed by atoms with E-state index in [-0.39, 0.29) is 11.3 Å². The fourth-order valence-electron chi connectivity index (χ4n) is 1.70. The maximum atomic E-state index is 12.8. The third-order valence-electron chi connectivity index (χ3n) is 2.63. The smallest absolute Gasteiger partial charge is 0.417 e. The largest absolute Gasteiger partial charge is 0.423 e. The molecule has 2 aromatic carbocycles. The Kier molecular flexibility index (Phi) is 3.94. The molecule has 0 saturated carbocycles. The lowest BCUT2D eigenvalue weighted by Gasteiger charge is -2.11. The molecule has 0 aliphatic heterocycles. The van der Waals surface area contributed by atoms with Gasteiger partial charge in [-0.1, -0.05) is 18.2 Å². The van der Waals surface area contributed by atoms with Gasteiger partial charge in [-0.3, -0.25) is 0 Å². The van der Waals surface area contributed by atoms with Gasteiger partial charge in [0, 0.05) is 0 Å². The summed E-state index contributed by atoms with van der Waals surface area (Å²) in [5, 5.41) is 8.72. The van der Waals surface area contributed by atoms with E-state index in [1.807, 2.05) is 6.07 Å². The number of hydrogen-bond donors (Lipinski definition) is 0. The summed E-state index contributed by atoms with van der Waals surface area (Å²) in [6.07, 6.45) is -4.65. The Labute approximate surface area is 118 Å². The normalized spacial score (nSPS) is 10.8. The van der Waals surface area contributed by atoms with Crippen molar-refractivity contribution in [2.45, 2.75) is 6.18 Å². The first-order valence-corrected chi connectivity index (χ1v) is 5.80. The number of carbonyl (C=O) groups is 1. The van der Waals surface area contributed by atoms with Crippen LogP contribution in [0.4, 0.5) is 13.2 Å². The van der Waals surface area contributed by atoms with Gasteiger partial charge in [0.25, 0.3) is 0 Å². The fraction of sp³-hybridized carbons (Fsp3) is 0.0667. The zero-order valence-electron chi connectivity index (χ0n) is 10.5. The standard InChI is InChI=1S/C15H8F3NO2/c16-15(17,18)13-7-2-1-6-12(13)14(20)21-11-5-3-4-10(8-11)9-19/h1-8H. The predicted octanol–water partition coefficient (Wildman–Crippen LogP) is 3.80. The van der Waals surface area contributed by atoms with Gasteiger partial charge >= 0.3 is 12.1 Å². The van der Waals surface area contributed by atoms with Gasteiger partial charge in [-0.2, -0.15) is 18.4 Å². The zero-order valence-corrected chi connectivity index (χ0v) is 10.5. The Morgan fingerprint density at radius 1 is 1.10 bits per heavy atom. The van der Waals surface area contributed by atoms with Crippen molar-refractivity contribution in [3.05, 3.63) is 65.2 Å². The van der Waals surface area contributed by atoms with Crippen molar-refractivity contribution in [3.63, 3.8) is 0 Å². The molecule has 0 radical (unpaired) electrons. The third kappa shape index (κ3) is 3.39. The second-order valence-corrected chi connectivity index (χ2v) is 4.07. The monoisotopic (exact) mass is 291 g/mol. The number of hydrogen-bond acceptors (Lipinski definition) is 3. The minimum absolute atomic E-state index is 0.0102. The topological polar surface area (TPSA) is 50.1 Å². The Bertz CT molecular complexity index is 717. The summed E-state index contributed by atoms with van der Waals surface area (Å²) in [4.78, 5) is 11.9. The first kappa shape index (κ1) is 14.6. The first-order chi connectivity index (χ1) is 9.91. The van der Waals surface area contributed by atoms with E-state index in [2.05, 4.69) is 0 Å². The molecule has 0 amide bonds. The highest BCUT2D eigenvalue weighted by Gasteiger charge is 2.35. The minimum Gasteiger partial charge on any atom is -0.423 e. The molecule has 0 N–H and O–H groups in total. The molecule has 0 bridgehead atoms. The molecule has 2 aromatic rings. The minimum atomic E-state index is -4.65. The molecule has 2 rings (SSSR count). The van der Waals surface area contributed by atoms with Crippen LogP contribution in [0.5, 0.6) is 5.75 Å². The molecule has 0 unspecified atom stereocenters. The number of nitriles is 1. The molecule has 0 heterocycles.